The van der Waals surface area contributed by atoms with E-state index in [9.17, 15) is 19.5 Å². The van der Waals surface area contributed by atoms with E-state index in [1.807, 2.05) is 0 Å². The largest absolute Gasteiger partial charge is 0.389 e. The maximum absolute atomic E-state index is 12.9. The van der Waals surface area contributed by atoms with Crippen molar-refractivity contribution < 1.29 is 24.2 Å². The van der Waals surface area contributed by atoms with Crippen LogP contribution in [0.25, 0.3) is 0 Å². The summed E-state index contributed by atoms with van der Waals surface area (Å²) in [5, 5.41) is 11.0. The second-order valence-corrected chi connectivity index (χ2v) is 7.46. The average Bonchev–Trinajstić information content (AvgIpc) is 2.66. The summed E-state index contributed by atoms with van der Waals surface area (Å²) >= 11 is 0. The molecule has 0 bridgehead atoms. The van der Waals surface area contributed by atoms with Gasteiger partial charge in [-0.3, -0.25) is 14.4 Å². The van der Waals surface area contributed by atoms with E-state index < -0.39 is 5.60 Å². The van der Waals surface area contributed by atoms with Crippen LogP contribution in [0, 0.1) is 5.92 Å². The topological polar surface area (TPSA) is 87.2 Å². The van der Waals surface area contributed by atoms with Crippen molar-refractivity contribution in [1.29, 1.82) is 0 Å². The third kappa shape index (κ3) is 4.04. The number of amides is 2. The Hall–Kier alpha value is -2.25. The Kier molecular flexibility index (Phi) is 5.62. The SMILES string of the molecule is COCC(=O)N1CC[C@]2(O)CCN(C(=O)c3cccc(C(C)=O)c3)C[C@@H]2C1. The Bertz CT molecular complexity index is 750. The molecular formula is C20H26N2O5. The fraction of sp³-hybridized carbons (Fsp3) is 0.550. The molecule has 0 spiro atoms. The van der Waals surface area contributed by atoms with E-state index in [0.717, 1.165) is 0 Å². The zero-order valence-corrected chi connectivity index (χ0v) is 15.8. The van der Waals surface area contributed by atoms with E-state index in [1.165, 1.54) is 14.0 Å². The number of methoxy groups -OCH3 is 1. The Morgan fingerprint density at radius 3 is 2.44 bits per heavy atom. The zero-order valence-electron chi connectivity index (χ0n) is 15.8. The molecule has 2 fully saturated rings. The van der Waals surface area contributed by atoms with Crippen molar-refractivity contribution in [3.63, 3.8) is 0 Å². The Morgan fingerprint density at radius 1 is 1.15 bits per heavy atom. The molecule has 1 N–H and O–H groups in total. The number of hydrogen-bond acceptors (Lipinski definition) is 5. The van der Waals surface area contributed by atoms with Gasteiger partial charge in [0.25, 0.3) is 5.91 Å². The van der Waals surface area contributed by atoms with Crippen molar-refractivity contribution in [3.05, 3.63) is 35.4 Å². The molecule has 0 saturated carbocycles. The number of likely N-dealkylation sites (tertiary alicyclic amines) is 2. The second-order valence-electron chi connectivity index (χ2n) is 7.46. The summed E-state index contributed by atoms with van der Waals surface area (Å²) in [4.78, 5) is 40.0. The number of carbonyl (C=O) groups is 3. The molecule has 2 heterocycles. The molecule has 0 aromatic heterocycles. The van der Waals surface area contributed by atoms with Gasteiger partial charge in [-0.1, -0.05) is 12.1 Å². The summed E-state index contributed by atoms with van der Waals surface area (Å²) in [7, 11) is 1.48. The summed E-state index contributed by atoms with van der Waals surface area (Å²) in [5.41, 5.74) is 0.127. The normalized spacial score (nSPS) is 25.1. The summed E-state index contributed by atoms with van der Waals surface area (Å²) in [6.45, 7) is 3.25. The first-order chi connectivity index (χ1) is 12.8. The van der Waals surface area contributed by atoms with Crippen LogP contribution in [0.1, 0.15) is 40.5 Å². The van der Waals surface area contributed by atoms with E-state index in [4.69, 9.17) is 4.74 Å². The first kappa shape index (κ1) is 19.5. The minimum absolute atomic E-state index is 0.0195. The predicted molar refractivity (Wildman–Crippen MR) is 98.5 cm³/mol. The van der Waals surface area contributed by atoms with Crippen LogP contribution in [-0.2, 0) is 9.53 Å². The van der Waals surface area contributed by atoms with Crippen LogP contribution in [0.5, 0.6) is 0 Å². The van der Waals surface area contributed by atoms with Crippen molar-refractivity contribution in [3.8, 4) is 0 Å². The van der Waals surface area contributed by atoms with Crippen LogP contribution in [0.4, 0.5) is 0 Å². The third-order valence-electron chi connectivity index (χ3n) is 5.69. The number of aliphatic hydroxyl groups is 1. The van der Waals surface area contributed by atoms with E-state index in [2.05, 4.69) is 0 Å². The lowest BCUT2D eigenvalue weighted by atomic mass is 9.75. The number of hydrogen-bond donors (Lipinski definition) is 1. The smallest absolute Gasteiger partial charge is 0.253 e. The Labute approximate surface area is 158 Å². The number of Topliss-reactive ketones (excluding diaryl/α,β-unsaturated/α-hetero) is 1. The first-order valence-corrected chi connectivity index (χ1v) is 9.23. The zero-order chi connectivity index (χ0) is 19.6. The van der Waals surface area contributed by atoms with Gasteiger partial charge in [-0.15, -0.1) is 0 Å². The molecule has 1 aromatic carbocycles. The number of benzene rings is 1. The van der Waals surface area contributed by atoms with Crippen LogP contribution < -0.4 is 0 Å². The van der Waals surface area contributed by atoms with Gasteiger partial charge in [0.05, 0.1) is 5.60 Å². The Balaban J connectivity index is 1.73. The second kappa shape index (κ2) is 7.78. The van der Waals surface area contributed by atoms with Gasteiger partial charge < -0.3 is 19.6 Å². The van der Waals surface area contributed by atoms with Gasteiger partial charge in [-0.25, -0.2) is 0 Å². The first-order valence-electron chi connectivity index (χ1n) is 9.23. The maximum Gasteiger partial charge on any atom is 0.253 e. The minimum Gasteiger partial charge on any atom is -0.389 e. The van der Waals surface area contributed by atoms with Gasteiger partial charge in [0.2, 0.25) is 5.91 Å². The number of rotatable bonds is 4. The van der Waals surface area contributed by atoms with Crippen LogP contribution in [0.3, 0.4) is 0 Å². The van der Waals surface area contributed by atoms with E-state index in [1.54, 1.807) is 34.1 Å². The molecule has 1 aromatic rings. The highest BCUT2D eigenvalue weighted by atomic mass is 16.5. The molecule has 2 atom stereocenters. The molecule has 146 valence electrons. The molecule has 2 aliphatic heterocycles. The molecule has 7 nitrogen and oxygen atoms in total. The van der Waals surface area contributed by atoms with Crippen molar-refractivity contribution >= 4 is 17.6 Å². The Morgan fingerprint density at radius 2 is 1.78 bits per heavy atom. The lowest BCUT2D eigenvalue weighted by Gasteiger charge is -2.50. The monoisotopic (exact) mass is 374 g/mol. The van der Waals surface area contributed by atoms with Gasteiger partial charge in [0, 0.05) is 50.3 Å². The van der Waals surface area contributed by atoms with Crippen LogP contribution in [0.15, 0.2) is 24.3 Å². The van der Waals surface area contributed by atoms with Crippen molar-refractivity contribution in [2.45, 2.75) is 25.4 Å². The van der Waals surface area contributed by atoms with Crippen molar-refractivity contribution in [1.82, 2.24) is 9.80 Å². The van der Waals surface area contributed by atoms with Crippen molar-refractivity contribution in [2.75, 3.05) is 39.9 Å². The van der Waals surface area contributed by atoms with E-state index >= 15 is 0 Å². The molecule has 2 saturated heterocycles. The third-order valence-corrected chi connectivity index (χ3v) is 5.69. The van der Waals surface area contributed by atoms with E-state index in [-0.39, 0.29) is 30.1 Å². The number of piperidine rings is 2. The predicted octanol–water partition coefficient (Wildman–Crippen LogP) is 0.961. The lowest BCUT2D eigenvalue weighted by molar-refractivity contribution is -0.148. The summed E-state index contributed by atoms with van der Waals surface area (Å²) in [5.74, 6) is -0.532. The minimum atomic E-state index is -0.845. The molecule has 0 radical (unpaired) electrons. The molecule has 27 heavy (non-hydrogen) atoms. The molecule has 2 aliphatic rings. The molecule has 0 unspecified atom stereocenters. The van der Waals surface area contributed by atoms with E-state index in [0.29, 0.717) is 50.1 Å². The van der Waals surface area contributed by atoms with Gasteiger partial charge in [-0.2, -0.15) is 0 Å². The van der Waals surface area contributed by atoms with Gasteiger partial charge >= 0.3 is 0 Å². The number of fused-ring (bicyclic) bond motifs is 1. The van der Waals surface area contributed by atoms with Crippen LogP contribution >= 0.6 is 0 Å². The van der Waals surface area contributed by atoms with Gasteiger partial charge in [0.1, 0.15) is 6.61 Å². The van der Waals surface area contributed by atoms with Gasteiger partial charge in [-0.05, 0) is 31.9 Å². The number of ether oxygens (including phenoxy) is 1. The van der Waals surface area contributed by atoms with Crippen LogP contribution in [0.2, 0.25) is 0 Å². The number of ketones is 1. The summed E-state index contributed by atoms with van der Waals surface area (Å²) in [6, 6.07) is 6.70. The molecule has 7 heteroatoms. The van der Waals surface area contributed by atoms with Gasteiger partial charge in [0.15, 0.2) is 5.78 Å². The number of carbonyl (C=O) groups excluding carboxylic acids is 3. The fourth-order valence-corrected chi connectivity index (χ4v) is 3.98. The number of nitrogens with zero attached hydrogens (tertiary/aromatic N) is 2. The standard InChI is InChI=1S/C20H26N2O5/c1-14(23)15-4-3-5-16(10-15)19(25)22-9-7-20(26)6-8-21(11-17(20)12-22)18(24)13-27-2/h3-5,10,17,26H,6-9,11-13H2,1-2H3/t17-,20-/m0/s1. The highest BCUT2D eigenvalue weighted by Crippen LogP contribution is 2.36. The summed E-state index contributed by atoms with van der Waals surface area (Å²) < 4.78 is 4.92. The molecular weight excluding hydrogens is 348 g/mol. The van der Waals surface area contributed by atoms with Crippen LogP contribution in [-0.4, -0.2) is 78.0 Å². The molecule has 0 aliphatic carbocycles. The highest BCUT2D eigenvalue weighted by Gasteiger charge is 2.46. The lowest BCUT2D eigenvalue weighted by Crippen LogP contribution is -2.61. The average molecular weight is 374 g/mol. The quantitative estimate of drug-likeness (QED) is 0.794. The fourth-order valence-electron chi connectivity index (χ4n) is 3.98. The molecule has 2 amide bonds. The maximum atomic E-state index is 12.9. The molecule has 3 rings (SSSR count). The van der Waals surface area contributed by atoms with Crippen molar-refractivity contribution in [2.24, 2.45) is 5.92 Å². The highest BCUT2D eigenvalue weighted by molar-refractivity contribution is 5.99. The summed E-state index contributed by atoms with van der Waals surface area (Å²) in [6.07, 6.45) is 0.997.